The van der Waals surface area contributed by atoms with E-state index in [1.165, 1.54) is 7.11 Å². The number of hydrogen-bond donors (Lipinski definition) is 0. The van der Waals surface area contributed by atoms with Gasteiger partial charge >= 0.3 is 5.97 Å². The van der Waals surface area contributed by atoms with Gasteiger partial charge < -0.3 is 4.74 Å². The van der Waals surface area contributed by atoms with Crippen molar-refractivity contribution in [3.05, 3.63) is 17.0 Å². The molecule has 4 nitrogen and oxygen atoms in total. The summed E-state index contributed by atoms with van der Waals surface area (Å²) >= 11 is 0. The second-order valence-electron chi connectivity index (χ2n) is 5.86. The van der Waals surface area contributed by atoms with Crippen LogP contribution in [0.5, 0.6) is 0 Å². The molecular weight excluding hydrogens is 228 g/mol. The van der Waals surface area contributed by atoms with Gasteiger partial charge in [0.1, 0.15) is 0 Å². The molecule has 0 aliphatic carbocycles. The molecule has 1 heterocycles. The largest absolute Gasteiger partial charge is 0.469 e. The summed E-state index contributed by atoms with van der Waals surface area (Å²) in [6, 6.07) is 0. The van der Waals surface area contributed by atoms with Crippen molar-refractivity contribution in [1.82, 2.24) is 9.78 Å². The number of rotatable bonds is 3. The van der Waals surface area contributed by atoms with E-state index in [1.807, 2.05) is 18.5 Å². The Labute approximate surface area is 109 Å². The number of methoxy groups -OCH3 is 1. The molecule has 1 atom stereocenters. The van der Waals surface area contributed by atoms with E-state index in [9.17, 15) is 4.79 Å². The molecule has 0 amide bonds. The summed E-state index contributed by atoms with van der Waals surface area (Å²) in [5.74, 6) is -0.303. The summed E-state index contributed by atoms with van der Waals surface area (Å²) in [5, 5.41) is 4.58. The highest BCUT2D eigenvalue weighted by atomic mass is 16.5. The van der Waals surface area contributed by atoms with Crippen LogP contribution in [0, 0.1) is 19.8 Å². The van der Waals surface area contributed by atoms with Crippen LogP contribution in [0.25, 0.3) is 0 Å². The maximum Gasteiger partial charge on any atom is 0.308 e. The van der Waals surface area contributed by atoms with Crippen LogP contribution in [0.1, 0.15) is 44.6 Å². The third-order valence-electron chi connectivity index (χ3n) is 3.19. The highest BCUT2D eigenvalue weighted by Crippen LogP contribution is 2.23. The van der Waals surface area contributed by atoms with Crippen molar-refractivity contribution < 1.29 is 9.53 Å². The van der Waals surface area contributed by atoms with Crippen LogP contribution in [-0.4, -0.2) is 22.9 Å². The van der Waals surface area contributed by atoms with Crippen LogP contribution in [0.2, 0.25) is 0 Å². The molecule has 0 N–H and O–H groups in total. The van der Waals surface area contributed by atoms with Crippen molar-refractivity contribution in [3.63, 3.8) is 0 Å². The van der Waals surface area contributed by atoms with Gasteiger partial charge in [-0.2, -0.15) is 5.10 Å². The van der Waals surface area contributed by atoms with Gasteiger partial charge in [-0.1, -0.05) is 6.92 Å². The molecule has 0 saturated heterocycles. The first-order chi connectivity index (χ1) is 8.18. The molecule has 18 heavy (non-hydrogen) atoms. The van der Waals surface area contributed by atoms with Gasteiger partial charge in [-0.3, -0.25) is 9.48 Å². The van der Waals surface area contributed by atoms with Crippen LogP contribution in [0.15, 0.2) is 0 Å². The zero-order chi connectivity index (χ0) is 14.1. The molecule has 0 aliphatic rings. The van der Waals surface area contributed by atoms with Gasteiger partial charge in [0.2, 0.25) is 0 Å². The summed E-state index contributed by atoms with van der Waals surface area (Å²) in [6.45, 7) is 12.3. The molecule has 1 unspecified atom stereocenters. The maximum absolute atomic E-state index is 11.5. The van der Waals surface area contributed by atoms with Crippen LogP contribution >= 0.6 is 0 Å². The number of esters is 1. The van der Waals surface area contributed by atoms with Crippen molar-refractivity contribution in [2.75, 3.05) is 7.11 Å². The Balaban J connectivity index is 3.05. The van der Waals surface area contributed by atoms with Crippen molar-refractivity contribution in [3.8, 4) is 0 Å². The van der Waals surface area contributed by atoms with Crippen molar-refractivity contribution in [2.24, 2.45) is 5.92 Å². The lowest BCUT2D eigenvalue weighted by Gasteiger charge is -2.21. The number of ether oxygens (including phenoxy) is 1. The highest BCUT2D eigenvalue weighted by Gasteiger charge is 2.23. The average Bonchev–Trinajstić information content (AvgIpc) is 2.55. The smallest absolute Gasteiger partial charge is 0.308 e. The van der Waals surface area contributed by atoms with Crippen LogP contribution < -0.4 is 0 Å². The summed E-state index contributed by atoms with van der Waals surface area (Å²) in [6.07, 6.45) is 0.681. The van der Waals surface area contributed by atoms with Crippen LogP contribution in [0.3, 0.4) is 0 Å². The third-order valence-corrected chi connectivity index (χ3v) is 3.19. The minimum Gasteiger partial charge on any atom is -0.469 e. The average molecular weight is 252 g/mol. The molecule has 0 aromatic carbocycles. The first-order valence-electron chi connectivity index (χ1n) is 6.32. The topological polar surface area (TPSA) is 44.1 Å². The van der Waals surface area contributed by atoms with Gasteiger partial charge in [0, 0.05) is 5.69 Å². The monoisotopic (exact) mass is 252 g/mol. The van der Waals surface area contributed by atoms with Gasteiger partial charge in [0.15, 0.2) is 0 Å². The van der Waals surface area contributed by atoms with E-state index in [-0.39, 0.29) is 17.4 Å². The summed E-state index contributed by atoms with van der Waals surface area (Å²) in [5.41, 5.74) is 3.25. The minimum absolute atomic E-state index is 0.0401. The number of aromatic nitrogens is 2. The van der Waals surface area contributed by atoms with E-state index in [0.29, 0.717) is 6.42 Å². The Morgan fingerprint density at radius 3 is 2.33 bits per heavy atom. The molecule has 0 radical (unpaired) electrons. The Kier molecular flexibility index (Phi) is 4.20. The second-order valence-corrected chi connectivity index (χ2v) is 5.86. The molecule has 1 aromatic heterocycles. The van der Waals surface area contributed by atoms with Crippen LogP contribution in [-0.2, 0) is 21.5 Å². The molecule has 0 bridgehead atoms. The van der Waals surface area contributed by atoms with E-state index in [0.717, 1.165) is 17.0 Å². The Bertz CT molecular complexity index is 441. The van der Waals surface area contributed by atoms with E-state index in [1.54, 1.807) is 0 Å². The molecule has 0 aliphatic heterocycles. The second kappa shape index (κ2) is 5.12. The SMILES string of the molecule is COC(=O)C(C)Cc1c(C)nn(C(C)(C)C)c1C. The van der Waals surface area contributed by atoms with E-state index in [4.69, 9.17) is 4.74 Å². The molecule has 4 heteroatoms. The number of carbonyl (C=O) groups is 1. The molecule has 0 saturated carbocycles. The lowest BCUT2D eigenvalue weighted by atomic mass is 9.99. The fourth-order valence-electron chi connectivity index (χ4n) is 2.21. The first kappa shape index (κ1) is 14.7. The van der Waals surface area contributed by atoms with Gasteiger partial charge in [-0.05, 0) is 46.6 Å². The molecule has 0 spiro atoms. The van der Waals surface area contributed by atoms with Gasteiger partial charge in [0.05, 0.1) is 24.3 Å². The van der Waals surface area contributed by atoms with Crippen molar-refractivity contribution in [1.29, 1.82) is 0 Å². The lowest BCUT2D eigenvalue weighted by molar-refractivity contribution is -0.144. The third kappa shape index (κ3) is 2.92. The zero-order valence-electron chi connectivity index (χ0n) is 12.5. The Morgan fingerprint density at radius 2 is 1.94 bits per heavy atom. The predicted molar refractivity (Wildman–Crippen MR) is 71.6 cm³/mol. The van der Waals surface area contributed by atoms with Crippen LogP contribution in [0.4, 0.5) is 0 Å². The van der Waals surface area contributed by atoms with Crippen molar-refractivity contribution in [2.45, 2.75) is 53.5 Å². The lowest BCUT2D eigenvalue weighted by Crippen LogP contribution is -2.24. The number of nitrogens with zero attached hydrogens (tertiary/aromatic N) is 2. The fraction of sp³-hybridized carbons (Fsp3) is 0.714. The summed E-state index contributed by atoms with van der Waals surface area (Å²) in [4.78, 5) is 11.5. The summed E-state index contributed by atoms with van der Waals surface area (Å²) < 4.78 is 6.80. The van der Waals surface area contributed by atoms with E-state index in [2.05, 4.69) is 32.8 Å². The number of hydrogen-bond acceptors (Lipinski definition) is 3. The summed E-state index contributed by atoms with van der Waals surface area (Å²) in [7, 11) is 1.43. The molecule has 102 valence electrons. The fourth-order valence-corrected chi connectivity index (χ4v) is 2.21. The van der Waals surface area contributed by atoms with Crippen molar-refractivity contribution >= 4 is 5.97 Å². The highest BCUT2D eigenvalue weighted by molar-refractivity contribution is 5.72. The predicted octanol–water partition coefficient (Wildman–Crippen LogP) is 2.61. The Morgan fingerprint density at radius 1 is 1.39 bits per heavy atom. The molecule has 0 fully saturated rings. The van der Waals surface area contributed by atoms with Gasteiger partial charge in [-0.25, -0.2) is 0 Å². The zero-order valence-corrected chi connectivity index (χ0v) is 12.5. The normalized spacial score (nSPS) is 13.5. The van der Waals surface area contributed by atoms with E-state index >= 15 is 0 Å². The first-order valence-corrected chi connectivity index (χ1v) is 6.32. The molecular formula is C14H24N2O2. The van der Waals surface area contributed by atoms with Gasteiger partial charge in [0.25, 0.3) is 0 Å². The standard InChI is InChI=1S/C14H24N2O2/c1-9(13(17)18-7)8-12-10(2)15-16(11(12)3)14(4,5)6/h9H,8H2,1-7H3. The molecule has 1 rings (SSSR count). The Hall–Kier alpha value is -1.32. The minimum atomic E-state index is -0.169. The van der Waals surface area contributed by atoms with E-state index < -0.39 is 0 Å². The molecule has 1 aromatic rings. The quantitative estimate of drug-likeness (QED) is 0.777. The maximum atomic E-state index is 11.5. The number of carbonyl (C=O) groups excluding carboxylic acids is 1. The van der Waals surface area contributed by atoms with Gasteiger partial charge in [-0.15, -0.1) is 0 Å². The number of aryl methyl sites for hydroxylation is 1.